The van der Waals surface area contributed by atoms with Crippen LogP contribution in [0.5, 0.6) is 0 Å². The molecule has 1 rings (SSSR count). The van der Waals surface area contributed by atoms with Crippen LogP contribution < -0.4 is 4.72 Å². The molecule has 96 valence electrons. The van der Waals surface area contributed by atoms with Gasteiger partial charge in [-0.1, -0.05) is 31.5 Å². The summed E-state index contributed by atoms with van der Waals surface area (Å²) < 4.78 is 26.1. The van der Waals surface area contributed by atoms with Crippen LogP contribution in [0.2, 0.25) is 0 Å². The van der Waals surface area contributed by atoms with Crippen molar-refractivity contribution in [2.45, 2.75) is 26.2 Å². The van der Waals surface area contributed by atoms with Crippen LogP contribution in [-0.4, -0.2) is 20.1 Å². The molecule has 0 saturated heterocycles. The molecule has 0 amide bonds. The Hall–Kier alpha value is -0.740. The van der Waals surface area contributed by atoms with Crippen LogP contribution in [0.3, 0.4) is 0 Å². The van der Waals surface area contributed by atoms with E-state index in [1.807, 2.05) is 18.2 Å². The molecule has 17 heavy (non-hydrogen) atoms. The van der Waals surface area contributed by atoms with Crippen molar-refractivity contribution in [3.8, 4) is 0 Å². The predicted octanol–water partition coefficient (Wildman–Crippen LogP) is 3.01. The number of halogens is 1. The lowest BCUT2D eigenvalue weighted by Gasteiger charge is -2.11. The first kappa shape index (κ1) is 14.3. The van der Waals surface area contributed by atoms with E-state index in [9.17, 15) is 8.42 Å². The second kappa shape index (κ2) is 6.87. The molecular weight excluding hydrogens is 258 g/mol. The predicted molar refractivity (Wildman–Crippen MR) is 73.2 cm³/mol. The fourth-order valence-corrected chi connectivity index (χ4v) is 3.02. The van der Waals surface area contributed by atoms with Crippen molar-refractivity contribution in [2.24, 2.45) is 0 Å². The summed E-state index contributed by atoms with van der Waals surface area (Å²) in [7, 11) is -3.27. The zero-order chi connectivity index (χ0) is 12.7. The molecule has 0 unspecified atom stereocenters. The van der Waals surface area contributed by atoms with E-state index in [-0.39, 0.29) is 5.75 Å². The number of para-hydroxylation sites is 1. The number of hydrogen-bond donors (Lipinski definition) is 1. The summed E-state index contributed by atoms with van der Waals surface area (Å²) in [5.41, 5.74) is 1.72. The third kappa shape index (κ3) is 4.96. The van der Waals surface area contributed by atoms with E-state index in [0.29, 0.717) is 18.0 Å². The average Bonchev–Trinajstić information content (AvgIpc) is 2.29. The summed E-state index contributed by atoms with van der Waals surface area (Å²) in [6.45, 7) is 2.07. The van der Waals surface area contributed by atoms with Crippen molar-refractivity contribution in [1.82, 2.24) is 0 Å². The Labute approximate surface area is 108 Å². The van der Waals surface area contributed by atoms with Crippen molar-refractivity contribution in [3.63, 3.8) is 0 Å². The number of aryl methyl sites for hydroxylation is 1. The van der Waals surface area contributed by atoms with Crippen molar-refractivity contribution in [2.75, 3.05) is 16.4 Å². The average molecular weight is 276 g/mol. The first-order valence-electron chi connectivity index (χ1n) is 5.73. The fraction of sp³-hybridized carbons (Fsp3) is 0.500. The minimum atomic E-state index is -3.27. The summed E-state index contributed by atoms with van der Waals surface area (Å²) in [5, 5.41) is 0. The molecule has 0 aliphatic rings. The molecule has 0 fully saturated rings. The third-order valence-electron chi connectivity index (χ3n) is 2.35. The zero-order valence-corrected chi connectivity index (χ0v) is 11.5. The maximum atomic E-state index is 11.7. The number of benzene rings is 1. The van der Waals surface area contributed by atoms with Crippen LogP contribution in [0.4, 0.5) is 5.69 Å². The van der Waals surface area contributed by atoms with E-state index in [0.717, 1.165) is 18.4 Å². The lowest BCUT2D eigenvalue weighted by molar-refractivity contribution is 0.600. The molecule has 0 atom stereocenters. The van der Waals surface area contributed by atoms with Gasteiger partial charge in [0.2, 0.25) is 10.0 Å². The maximum Gasteiger partial charge on any atom is 0.232 e. The lowest BCUT2D eigenvalue weighted by Crippen LogP contribution is -2.18. The minimum Gasteiger partial charge on any atom is -0.283 e. The van der Waals surface area contributed by atoms with Crippen LogP contribution in [0, 0.1) is 0 Å². The van der Waals surface area contributed by atoms with Crippen LogP contribution in [-0.2, 0) is 16.4 Å². The van der Waals surface area contributed by atoms with Gasteiger partial charge < -0.3 is 0 Å². The van der Waals surface area contributed by atoms with Gasteiger partial charge in [0, 0.05) is 5.88 Å². The number of nitrogens with one attached hydrogen (secondary N) is 1. The molecular formula is C12H18ClNO2S. The van der Waals surface area contributed by atoms with Gasteiger partial charge in [0.15, 0.2) is 0 Å². The fourth-order valence-electron chi connectivity index (χ4n) is 1.57. The standard InChI is InChI=1S/C12H18ClNO2S/c1-2-6-11-7-3-4-8-12(11)14-17(15,16)10-5-9-13/h3-4,7-8,14H,2,5-6,9-10H2,1H3. The molecule has 0 saturated carbocycles. The van der Waals surface area contributed by atoms with Gasteiger partial charge in [-0.05, 0) is 24.5 Å². The summed E-state index contributed by atoms with van der Waals surface area (Å²) in [4.78, 5) is 0. The lowest BCUT2D eigenvalue weighted by atomic mass is 10.1. The molecule has 0 aliphatic carbocycles. The summed E-state index contributed by atoms with van der Waals surface area (Å²) in [6.07, 6.45) is 2.32. The van der Waals surface area contributed by atoms with Crippen molar-refractivity contribution in [3.05, 3.63) is 29.8 Å². The largest absolute Gasteiger partial charge is 0.283 e. The topological polar surface area (TPSA) is 46.2 Å². The van der Waals surface area contributed by atoms with Gasteiger partial charge in [-0.2, -0.15) is 0 Å². The molecule has 0 aromatic heterocycles. The van der Waals surface area contributed by atoms with E-state index in [1.165, 1.54) is 0 Å². The Morgan fingerprint density at radius 2 is 2.00 bits per heavy atom. The Morgan fingerprint density at radius 1 is 1.29 bits per heavy atom. The highest BCUT2D eigenvalue weighted by Gasteiger charge is 2.11. The van der Waals surface area contributed by atoms with E-state index >= 15 is 0 Å². The van der Waals surface area contributed by atoms with Gasteiger partial charge in [0.05, 0.1) is 11.4 Å². The second-order valence-electron chi connectivity index (χ2n) is 3.87. The van der Waals surface area contributed by atoms with E-state index < -0.39 is 10.0 Å². The molecule has 0 spiro atoms. The van der Waals surface area contributed by atoms with E-state index in [4.69, 9.17) is 11.6 Å². The van der Waals surface area contributed by atoms with Crippen molar-refractivity contribution >= 4 is 27.3 Å². The molecule has 0 radical (unpaired) electrons. The highest BCUT2D eigenvalue weighted by molar-refractivity contribution is 7.92. The Kier molecular flexibility index (Phi) is 5.78. The highest BCUT2D eigenvalue weighted by Crippen LogP contribution is 2.18. The molecule has 0 bridgehead atoms. The van der Waals surface area contributed by atoms with Gasteiger partial charge in [-0.3, -0.25) is 4.72 Å². The molecule has 0 heterocycles. The maximum absolute atomic E-state index is 11.7. The van der Waals surface area contributed by atoms with Gasteiger partial charge in [-0.15, -0.1) is 11.6 Å². The monoisotopic (exact) mass is 275 g/mol. The summed E-state index contributed by atoms with van der Waals surface area (Å²) in [5.74, 6) is 0.425. The number of anilines is 1. The first-order chi connectivity index (χ1) is 8.09. The molecule has 3 nitrogen and oxygen atoms in total. The van der Waals surface area contributed by atoms with Crippen molar-refractivity contribution < 1.29 is 8.42 Å². The Morgan fingerprint density at radius 3 is 2.65 bits per heavy atom. The van der Waals surface area contributed by atoms with E-state index in [2.05, 4.69) is 11.6 Å². The highest BCUT2D eigenvalue weighted by atomic mass is 35.5. The zero-order valence-electron chi connectivity index (χ0n) is 9.95. The molecule has 1 N–H and O–H groups in total. The van der Waals surface area contributed by atoms with Crippen LogP contribution in [0.1, 0.15) is 25.3 Å². The SMILES string of the molecule is CCCc1ccccc1NS(=O)(=O)CCCCl. The van der Waals surface area contributed by atoms with Gasteiger partial charge in [0.25, 0.3) is 0 Å². The van der Waals surface area contributed by atoms with Crippen LogP contribution >= 0.6 is 11.6 Å². The van der Waals surface area contributed by atoms with Gasteiger partial charge in [-0.25, -0.2) is 8.42 Å². The molecule has 1 aromatic carbocycles. The summed E-state index contributed by atoms with van der Waals surface area (Å²) in [6, 6.07) is 7.49. The van der Waals surface area contributed by atoms with Crippen molar-refractivity contribution in [1.29, 1.82) is 0 Å². The minimum absolute atomic E-state index is 0.0664. The third-order valence-corrected chi connectivity index (χ3v) is 3.97. The van der Waals surface area contributed by atoms with Gasteiger partial charge >= 0.3 is 0 Å². The van der Waals surface area contributed by atoms with Crippen LogP contribution in [0.25, 0.3) is 0 Å². The van der Waals surface area contributed by atoms with E-state index in [1.54, 1.807) is 6.07 Å². The Balaban J connectivity index is 2.80. The molecule has 5 heteroatoms. The number of hydrogen-bond acceptors (Lipinski definition) is 2. The molecule has 1 aromatic rings. The quantitative estimate of drug-likeness (QED) is 0.778. The smallest absolute Gasteiger partial charge is 0.232 e. The molecule has 0 aliphatic heterocycles. The number of rotatable bonds is 7. The number of sulfonamides is 1. The normalized spacial score (nSPS) is 11.4. The second-order valence-corrected chi connectivity index (χ2v) is 6.09. The number of alkyl halides is 1. The summed E-state index contributed by atoms with van der Waals surface area (Å²) >= 11 is 5.50. The first-order valence-corrected chi connectivity index (χ1v) is 7.92. The Bertz CT molecular complexity index is 446. The van der Waals surface area contributed by atoms with Gasteiger partial charge in [0.1, 0.15) is 0 Å². The van der Waals surface area contributed by atoms with Crippen LogP contribution in [0.15, 0.2) is 24.3 Å².